The van der Waals surface area contributed by atoms with E-state index in [1.54, 1.807) is 6.20 Å². The summed E-state index contributed by atoms with van der Waals surface area (Å²) in [5.41, 5.74) is 0. The molecule has 1 aromatic rings. The average Bonchev–Trinajstić information content (AvgIpc) is 2.45. The third-order valence-corrected chi connectivity index (χ3v) is 3.31. The van der Waals surface area contributed by atoms with Crippen LogP contribution in [0.5, 0.6) is 0 Å². The second kappa shape index (κ2) is 6.54. The molecule has 0 aliphatic carbocycles. The van der Waals surface area contributed by atoms with Crippen molar-refractivity contribution >= 4 is 11.8 Å². The van der Waals surface area contributed by atoms with Crippen molar-refractivity contribution in [2.24, 2.45) is 0 Å². The number of piperidine rings is 1. The molecule has 100 valence electrons. The highest BCUT2D eigenvalue weighted by molar-refractivity contribution is 5.44. The standard InChI is InChI=1S/C13H22N4O/c1-2-7-14-13-15-8-6-12(16-13)17-9-4-3-5-11(17)10-18/h6,8,11,18H,2-5,7,9-10H2,1H3,(H,14,15,16). The molecule has 1 aliphatic rings. The Bertz CT molecular complexity index is 372. The molecular formula is C13H22N4O. The quantitative estimate of drug-likeness (QED) is 0.832. The van der Waals surface area contributed by atoms with Crippen LogP contribution in [0.15, 0.2) is 12.3 Å². The van der Waals surface area contributed by atoms with Crippen molar-refractivity contribution in [1.82, 2.24) is 9.97 Å². The Hall–Kier alpha value is -1.36. The molecule has 1 atom stereocenters. The molecule has 0 radical (unpaired) electrons. The molecule has 0 saturated carbocycles. The highest BCUT2D eigenvalue weighted by atomic mass is 16.3. The summed E-state index contributed by atoms with van der Waals surface area (Å²) in [5.74, 6) is 1.60. The zero-order chi connectivity index (χ0) is 12.8. The van der Waals surface area contributed by atoms with Crippen molar-refractivity contribution in [2.75, 3.05) is 29.9 Å². The predicted octanol–water partition coefficient (Wildman–Crippen LogP) is 1.65. The van der Waals surface area contributed by atoms with E-state index in [1.807, 2.05) is 6.07 Å². The van der Waals surface area contributed by atoms with Gasteiger partial charge in [-0.05, 0) is 31.7 Å². The van der Waals surface area contributed by atoms with Gasteiger partial charge in [0.25, 0.3) is 0 Å². The van der Waals surface area contributed by atoms with E-state index in [-0.39, 0.29) is 12.6 Å². The Morgan fingerprint density at radius 2 is 2.39 bits per heavy atom. The maximum atomic E-state index is 9.43. The SMILES string of the molecule is CCCNc1nccc(N2CCCCC2CO)n1. The fourth-order valence-corrected chi connectivity index (χ4v) is 2.32. The van der Waals surface area contributed by atoms with E-state index in [2.05, 4.69) is 27.1 Å². The molecular weight excluding hydrogens is 228 g/mol. The van der Waals surface area contributed by atoms with Crippen LogP contribution in [0, 0.1) is 0 Å². The molecule has 5 nitrogen and oxygen atoms in total. The number of aliphatic hydroxyl groups excluding tert-OH is 1. The first-order valence-electron chi connectivity index (χ1n) is 6.79. The van der Waals surface area contributed by atoms with Crippen LogP contribution >= 0.6 is 0 Å². The molecule has 1 fully saturated rings. The van der Waals surface area contributed by atoms with Gasteiger partial charge >= 0.3 is 0 Å². The summed E-state index contributed by atoms with van der Waals surface area (Å²) in [6, 6.07) is 2.12. The maximum Gasteiger partial charge on any atom is 0.224 e. The lowest BCUT2D eigenvalue weighted by molar-refractivity contribution is 0.239. The molecule has 2 N–H and O–H groups in total. The number of hydrogen-bond donors (Lipinski definition) is 2. The van der Waals surface area contributed by atoms with E-state index in [0.717, 1.165) is 38.2 Å². The molecule has 1 unspecified atom stereocenters. The second-order valence-corrected chi connectivity index (χ2v) is 4.69. The first-order valence-corrected chi connectivity index (χ1v) is 6.79. The van der Waals surface area contributed by atoms with Crippen molar-refractivity contribution < 1.29 is 5.11 Å². The molecule has 2 heterocycles. The molecule has 5 heteroatoms. The maximum absolute atomic E-state index is 9.43. The molecule has 1 aromatic heterocycles. The number of aliphatic hydroxyl groups is 1. The lowest BCUT2D eigenvalue weighted by Gasteiger charge is -2.35. The summed E-state index contributed by atoms with van der Waals surface area (Å²) in [4.78, 5) is 10.9. The normalized spacial score (nSPS) is 19.9. The highest BCUT2D eigenvalue weighted by Crippen LogP contribution is 2.23. The van der Waals surface area contributed by atoms with E-state index in [4.69, 9.17) is 0 Å². The lowest BCUT2D eigenvalue weighted by Crippen LogP contribution is -2.42. The number of rotatable bonds is 5. The van der Waals surface area contributed by atoms with Crippen LogP contribution in [0.2, 0.25) is 0 Å². The molecule has 1 aliphatic heterocycles. The summed E-state index contributed by atoms with van der Waals surface area (Å²) < 4.78 is 0. The van der Waals surface area contributed by atoms with Crippen molar-refractivity contribution in [1.29, 1.82) is 0 Å². The molecule has 0 amide bonds. The van der Waals surface area contributed by atoms with Gasteiger partial charge < -0.3 is 15.3 Å². The summed E-state index contributed by atoms with van der Waals surface area (Å²) in [5, 5.41) is 12.6. The van der Waals surface area contributed by atoms with Crippen LogP contribution in [0.25, 0.3) is 0 Å². The minimum absolute atomic E-state index is 0.196. The molecule has 0 bridgehead atoms. The number of anilines is 2. The van der Waals surface area contributed by atoms with Crippen molar-refractivity contribution in [3.05, 3.63) is 12.3 Å². The molecule has 18 heavy (non-hydrogen) atoms. The van der Waals surface area contributed by atoms with Gasteiger partial charge in [0.15, 0.2) is 0 Å². The van der Waals surface area contributed by atoms with Gasteiger partial charge in [0, 0.05) is 19.3 Å². The predicted molar refractivity (Wildman–Crippen MR) is 72.9 cm³/mol. The fraction of sp³-hybridized carbons (Fsp3) is 0.692. The number of nitrogens with zero attached hydrogens (tertiary/aromatic N) is 3. The Balaban J connectivity index is 2.10. The van der Waals surface area contributed by atoms with E-state index in [1.165, 1.54) is 6.42 Å². The fourth-order valence-electron chi connectivity index (χ4n) is 2.32. The van der Waals surface area contributed by atoms with Crippen LogP contribution in [-0.2, 0) is 0 Å². The summed E-state index contributed by atoms with van der Waals surface area (Å²) in [6.07, 6.45) is 6.23. The van der Waals surface area contributed by atoms with E-state index in [9.17, 15) is 5.11 Å². The first-order chi connectivity index (χ1) is 8.85. The zero-order valence-electron chi connectivity index (χ0n) is 11.0. The van der Waals surface area contributed by atoms with Gasteiger partial charge in [-0.2, -0.15) is 4.98 Å². The average molecular weight is 250 g/mol. The molecule has 0 spiro atoms. The van der Waals surface area contributed by atoms with E-state index in [0.29, 0.717) is 5.95 Å². The zero-order valence-corrected chi connectivity index (χ0v) is 11.0. The van der Waals surface area contributed by atoms with Crippen molar-refractivity contribution in [3.8, 4) is 0 Å². The number of nitrogens with one attached hydrogen (secondary N) is 1. The topological polar surface area (TPSA) is 61.3 Å². The van der Waals surface area contributed by atoms with Crippen LogP contribution in [0.4, 0.5) is 11.8 Å². The van der Waals surface area contributed by atoms with Crippen LogP contribution in [-0.4, -0.2) is 40.8 Å². The monoisotopic (exact) mass is 250 g/mol. The Labute approximate surface area is 108 Å². The Kier molecular flexibility index (Phi) is 4.75. The summed E-state index contributed by atoms with van der Waals surface area (Å²) >= 11 is 0. The third-order valence-electron chi connectivity index (χ3n) is 3.31. The number of hydrogen-bond acceptors (Lipinski definition) is 5. The Morgan fingerprint density at radius 3 is 3.17 bits per heavy atom. The molecule has 2 rings (SSSR count). The van der Waals surface area contributed by atoms with Crippen LogP contribution in [0.1, 0.15) is 32.6 Å². The Morgan fingerprint density at radius 1 is 1.50 bits per heavy atom. The minimum atomic E-state index is 0.196. The van der Waals surface area contributed by atoms with Crippen LogP contribution in [0.3, 0.4) is 0 Å². The van der Waals surface area contributed by atoms with Gasteiger partial charge in [0.1, 0.15) is 5.82 Å². The smallest absolute Gasteiger partial charge is 0.224 e. The van der Waals surface area contributed by atoms with Gasteiger partial charge in [0.2, 0.25) is 5.95 Å². The summed E-state index contributed by atoms with van der Waals surface area (Å²) in [6.45, 7) is 4.16. The van der Waals surface area contributed by atoms with Gasteiger partial charge in [0.05, 0.1) is 12.6 Å². The molecule has 0 aromatic carbocycles. The van der Waals surface area contributed by atoms with E-state index < -0.39 is 0 Å². The van der Waals surface area contributed by atoms with Crippen molar-refractivity contribution in [3.63, 3.8) is 0 Å². The van der Waals surface area contributed by atoms with Gasteiger partial charge in [-0.1, -0.05) is 6.92 Å². The third kappa shape index (κ3) is 3.10. The van der Waals surface area contributed by atoms with Gasteiger partial charge in [-0.3, -0.25) is 0 Å². The summed E-state index contributed by atoms with van der Waals surface area (Å²) in [7, 11) is 0. The van der Waals surface area contributed by atoms with Gasteiger partial charge in [-0.15, -0.1) is 0 Å². The molecule has 1 saturated heterocycles. The lowest BCUT2D eigenvalue weighted by atomic mass is 10.0. The van der Waals surface area contributed by atoms with Gasteiger partial charge in [-0.25, -0.2) is 4.98 Å². The number of aromatic nitrogens is 2. The van der Waals surface area contributed by atoms with Crippen LogP contribution < -0.4 is 10.2 Å². The largest absolute Gasteiger partial charge is 0.394 e. The second-order valence-electron chi connectivity index (χ2n) is 4.69. The first kappa shape index (κ1) is 13.1. The highest BCUT2D eigenvalue weighted by Gasteiger charge is 2.22. The minimum Gasteiger partial charge on any atom is -0.394 e. The van der Waals surface area contributed by atoms with E-state index >= 15 is 0 Å². The van der Waals surface area contributed by atoms with Crippen molar-refractivity contribution in [2.45, 2.75) is 38.6 Å².